The number of nitrogens with one attached hydrogen (secondary N) is 1. The smallest absolute Gasteiger partial charge is 0.265 e. The lowest BCUT2D eigenvalue weighted by molar-refractivity contribution is -0.121. The van der Waals surface area contributed by atoms with Crippen LogP contribution in [0.2, 0.25) is 5.02 Å². The van der Waals surface area contributed by atoms with Crippen LogP contribution in [0.1, 0.15) is 23.6 Å². The molecule has 1 unspecified atom stereocenters. The van der Waals surface area contributed by atoms with E-state index < -0.39 is 0 Å². The molecule has 2 aromatic heterocycles. The maximum atomic E-state index is 13.2. The van der Waals surface area contributed by atoms with Gasteiger partial charge in [0, 0.05) is 23.7 Å². The summed E-state index contributed by atoms with van der Waals surface area (Å²) >= 11 is 7.59. The molecule has 1 amide bonds. The lowest BCUT2D eigenvalue weighted by atomic mass is 10.1. The zero-order valence-corrected chi connectivity index (χ0v) is 18.9. The Balaban J connectivity index is 1.38. The summed E-state index contributed by atoms with van der Waals surface area (Å²) < 4.78 is 3.24. The van der Waals surface area contributed by atoms with Crippen molar-refractivity contribution < 1.29 is 4.79 Å². The van der Waals surface area contributed by atoms with E-state index in [9.17, 15) is 9.59 Å². The molecule has 0 aliphatic carbocycles. The monoisotopic (exact) mass is 465 g/mol. The first-order valence-electron chi connectivity index (χ1n) is 10.2. The number of thioether (sulfide) groups is 1. The highest BCUT2D eigenvalue weighted by Gasteiger charge is 2.29. The van der Waals surface area contributed by atoms with Gasteiger partial charge >= 0.3 is 0 Å². The number of amides is 1. The SMILES string of the molecule is Cc1ccc(CNC(=O)CC2CSc3nc4c(cnn4-c4cccc(Cl)c4)c(=O)n32)cc1. The second-order valence-electron chi connectivity index (χ2n) is 7.77. The molecular weight excluding hydrogens is 446 g/mol. The Morgan fingerprint density at radius 3 is 2.84 bits per heavy atom. The van der Waals surface area contributed by atoms with Crippen LogP contribution >= 0.6 is 23.4 Å². The van der Waals surface area contributed by atoms with Crippen molar-refractivity contribution in [3.63, 3.8) is 0 Å². The van der Waals surface area contributed by atoms with Crippen molar-refractivity contribution in [1.82, 2.24) is 24.6 Å². The molecule has 5 rings (SSSR count). The van der Waals surface area contributed by atoms with E-state index in [0.717, 1.165) is 11.3 Å². The second-order valence-corrected chi connectivity index (χ2v) is 9.20. The van der Waals surface area contributed by atoms with E-state index in [2.05, 4.69) is 10.4 Å². The zero-order valence-electron chi connectivity index (χ0n) is 17.3. The van der Waals surface area contributed by atoms with Gasteiger partial charge in [0.1, 0.15) is 5.39 Å². The molecule has 2 aromatic carbocycles. The molecule has 0 saturated heterocycles. The normalized spacial score (nSPS) is 15.1. The van der Waals surface area contributed by atoms with Crippen LogP contribution in [0.3, 0.4) is 0 Å². The Bertz CT molecular complexity index is 1380. The first-order valence-corrected chi connectivity index (χ1v) is 11.6. The maximum Gasteiger partial charge on any atom is 0.265 e. The van der Waals surface area contributed by atoms with Crippen molar-refractivity contribution in [2.24, 2.45) is 0 Å². The van der Waals surface area contributed by atoms with Crippen LogP contribution in [0, 0.1) is 6.92 Å². The van der Waals surface area contributed by atoms with Crippen LogP contribution in [0.4, 0.5) is 0 Å². The van der Waals surface area contributed by atoms with Crippen LogP contribution in [0.15, 0.2) is 64.7 Å². The van der Waals surface area contributed by atoms with E-state index >= 15 is 0 Å². The summed E-state index contributed by atoms with van der Waals surface area (Å²) in [6.07, 6.45) is 1.75. The number of rotatable bonds is 5. The molecule has 9 heteroatoms. The number of carbonyl (C=O) groups is 1. The molecule has 0 bridgehead atoms. The van der Waals surface area contributed by atoms with Gasteiger partial charge in [-0.3, -0.25) is 14.2 Å². The van der Waals surface area contributed by atoms with Gasteiger partial charge in [-0.15, -0.1) is 0 Å². The number of hydrogen-bond acceptors (Lipinski definition) is 5. The van der Waals surface area contributed by atoms with Crippen molar-refractivity contribution >= 4 is 40.3 Å². The molecule has 1 aliphatic heterocycles. The Morgan fingerprint density at radius 1 is 1.25 bits per heavy atom. The molecule has 1 aliphatic rings. The van der Waals surface area contributed by atoms with Crippen molar-refractivity contribution in [2.75, 3.05) is 5.75 Å². The predicted molar refractivity (Wildman–Crippen MR) is 126 cm³/mol. The Hall–Kier alpha value is -3.10. The van der Waals surface area contributed by atoms with Crippen LogP contribution in [-0.4, -0.2) is 31.0 Å². The van der Waals surface area contributed by atoms with E-state index in [4.69, 9.17) is 16.6 Å². The Kier molecular flexibility index (Phi) is 5.48. The third kappa shape index (κ3) is 3.91. The molecule has 162 valence electrons. The molecule has 32 heavy (non-hydrogen) atoms. The third-order valence-electron chi connectivity index (χ3n) is 5.45. The Labute approximate surface area is 193 Å². The molecule has 1 N–H and O–H groups in total. The van der Waals surface area contributed by atoms with Gasteiger partial charge in [-0.1, -0.05) is 59.3 Å². The van der Waals surface area contributed by atoms with E-state index in [1.165, 1.54) is 23.5 Å². The maximum absolute atomic E-state index is 13.2. The predicted octanol–water partition coefficient (Wildman–Crippen LogP) is 3.90. The molecule has 0 saturated carbocycles. The van der Waals surface area contributed by atoms with Gasteiger partial charge in [-0.2, -0.15) is 5.10 Å². The summed E-state index contributed by atoms with van der Waals surface area (Å²) in [6, 6.07) is 15.0. The second kappa shape index (κ2) is 8.44. The zero-order chi connectivity index (χ0) is 22.2. The van der Waals surface area contributed by atoms with E-state index in [0.29, 0.717) is 33.5 Å². The number of hydrogen-bond donors (Lipinski definition) is 1. The lowest BCUT2D eigenvalue weighted by Gasteiger charge is -2.13. The topological polar surface area (TPSA) is 81.8 Å². The fraction of sp³-hybridized carbons (Fsp3) is 0.217. The number of carbonyl (C=O) groups excluding carboxylic acids is 1. The van der Waals surface area contributed by atoms with Gasteiger partial charge in [0.2, 0.25) is 5.91 Å². The van der Waals surface area contributed by atoms with Crippen LogP contribution in [0.5, 0.6) is 0 Å². The summed E-state index contributed by atoms with van der Waals surface area (Å²) in [6.45, 7) is 2.49. The number of halogens is 1. The van der Waals surface area contributed by atoms with Gasteiger partial charge in [0.15, 0.2) is 10.8 Å². The minimum atomic E-state index is -0.244. The van der Waals surface area contributed by atoms with Gasteiger partial charge in [-0.25, -0.2) is 9.67 Å². The van der Waals surface area contributed by atoms with Crippen molar-refractivity contribution in [3.8, 4) is 5.69 Å². The van der Waals surface area contributed by atoms with E-state index in [-0.39, 0.29) is 23.9 Å². The van der Waals surface area contributed by atoms with Gasteiger partial charge in [0.05, 0.1) is 17.9 Å². The van der Waals surface area contributed by atoms with Crippen molar-refractivity contribution in [2.45, 2.75) is 31.1 Å². The summed E-state index contributed by atoms with van der Waals surface area (Å²) in [5.74, 6) is 0.530. The van der Waals surface area contributed by atoms with E-state index in [1.807, 2.05) is 43.3 Å². The highest BCUT2D eigenvalue weighted by atomic mass is 35.5. The number of benzene rings is 2. The average molecular weight is 466 g/mol. The highest BCUT2D eigenvalue weighted by Crippen LogP contribution is 2.33. The fourth-order valence-corrected chi connectivity index (χ4v) is 5.09. The number of aromatic nitrogens is 4. The lowest BCUT2D eigenvalue weighted by Crippen LogP contribution is -2.30. The number of nitrogens with zero attached hydrogens (tertiary/aromatic N) is 4. The van der Waals surface area contributed by atoms with Crippen LogP contribution in [-0.2, 0) is 11.3 Å². The third-order valence-corrected chi connectivity index (χ3v) is 6.79. The molecule has 1 atom stereocenters. The quantitative estimate of drug-likeness (QED) is 0.452. The first kappa shape index (κ1) is 20.8. The number of aryl methyl sites for hydroxylation is 1. The summed E-state index contributed by atoms with van der Waals surface area (Å²) in [5.41, 5.74) is 3.26. The molecule has 7 nitrogen and oxygen atoms in total. The van der Waals surface area contributed by atoms with Crippen LogP contribution < -0.4 is 10.9 Å². The summed E-state index contributed by atoms with van der Waals surface area (Å²) in [5, 5.41) is 8.90. The number of fused-ring (bicyclic) bond motifs is 2. The molecule has 4 aromatic rings. The largest absolute Gasteiger partial charge is 0.352 e. The summed E-state index contributed by atoms with van der Waals surface area (Å²) in [4.78, 5) is 30.5. The minimum Gasteiger partial charge on any atom is -0.352 e. The Morgan fingerprint density at radius 2 is 2.06 bits per heavy atom. The first-order chi connectivity index (χ1) is 15.5. The molecule has 0 spiro atoms. The standard InChI is InChI=1S/C23H20ClN5O2S/c1-14-5-7-15(8-6-14)11-25-20(30)10-18-13-32-23-27-21-19(22(31)28(18)23)12-26-29(21)17-4-2-3-16(24)9-17/h2-9,12,18H,10-11,13H2,1H3,(H,25,30). The van der Waals surface area contributed by atoms with E-state index in [1.54, 1.807) is 21.4 Å². The summed E-state index contributed by atoms with van der Waals surface area (Å²) in [7, 11) is 0. The molecule has 0 radical (unpaired) electrons. The van der Waals surface area contributed by atoms with Crippen LogP contribution in [0.25, 0.3) is 16.7 Å². The molecule has 3 heterocycles. The highest BCUT2D eigenvalue weighted by molar-refractivity contribution is 7.99. The minimum absolute atomic E-state index is 0.0920. The van der Waals surface area contributed by atoms with Crippen molar-refractivity contribution in [1.29, 1.82) is 0 Å². The fourth-order valence-electron chi connectivity index (χ4n) is 3.77. The average Bonchev–Trinajstić information content (AvgIpc) is 3.38. The molecule has 0 fully saturated rings. The molecular formula is C23H20ClN5O2S. The van der Waals surface area contributed by atoms with Gasteiger partial charge < -0.3 is 5.32 Å². The van der Waals surface area contributed by atoms with Crippen molar-refractivity contribution in [3.05, 3.63) is 81.2 Å². The van der Waals surface area contributed by atoms with Gasteiger partial charge in [-0.05, 0) is 30.7 Å². The van der Waals surface area contributed by atoms with Gasteiger partial charge in [0.25, 0.3) is 5.56 Å².